The van der Waals surface area contributed by atoms with Crippen molar-refractivity contribution in [1.29, 1.82) is 0 Å². The van der Waals surface area contributed by atoms with Crippen molar-refractivity contribution in [2.75, 3.05) is 13.2 Å². The van der Waals surface area contributed by atoms with Gasteiger partial charge in [0.15, 0.2) is 11.8 Å². The van der Waals surface area contributed by atoms with E-state index in [0.717, 1.165) is 43.6 Å². The topological polar surface area (TPSA) is 76.4 Å². The number of aromatic nitrogens is 3. The van der Waals surface area contributed by atoms with Gasteiger partial charge < -0.3 is 19.9 Å². The quantitative estimate of drug-likeness (QED) is 0.428. The summed E-state index contributed by atoms with van der Waals surface area (Å²) < 4.78 is 7.60. The smallest absolute Gasteiger partial charge is 0.192 e. The lowest BCUT2D eigenvalue weighted by Gasteiger charge is -2.25. The highest BCUT2D eigenvalue weighted by atomic mass is 127. The second kappa shape index (κ2) is 8.81. The SMILES string of the molecule is Cc1nnc(CN=C(NCC2CCCO2)NC(C)(C)C)n1C.I. The Balaban J connectivity index is 0.00000264. The van der Waals surface area contributed by atoms with Crippen LogP contribution in [0.4, 0.5) is 0 Å². The molecule has 1 aromatic heterocycles. The summed E-state index contributed by atoms with van der Waals surface area (Å²) in [4.78, 5) is 4.63. The van der Waals surface area contributed by atoms with Gasteiger partial charge in [-0.15, -0.1) is 34.2 Å². The van der Waals surface area contributed by atoms with Crippen LogP contribution in [0.25, 0.3) is 0 Å². The molecule has 0 bridgehead atoms. The molecular weight excluding hydrogens is 407 g/mol. The van der Waals surface area contributed by atoms with Gasteiger partial charge in [0, 0.05) is 25.7 Å². The second-order valence-corrected chi connectivity index (χ2v) is 6.78. The van der Waals surface area contributed by atoms with Crippen molar-refractivity contribution < 1.29 is 4.74 Å². The number of nitrogens with one attached hydrogen (secondary N) is 2. The van der Waals surface area contributed by atoms with E-state index < -0.39 is 0 Å². The normalized spacial score (nSPS) is 18.7. The van der Waals surface area contributed by atoms with Gasteiger partial charge in [-0.1, -0.05) is 0 Å². The molecule has 23 heavy (non-hydrogen) atoms. The molecule has 1 aromatic rings. The van der Waals surface area contributed by atoms with Crippen LogP contribution < -0.4 is 10.6 Å². The van der Waals surface area contributed by atoms with Crippen LogP contribution in [-0.4, -0.2) is 45.5 Å². The summed E-state index contributed by atoms with van der Waals surface area (Å²) in [6.07, 6.45) is 2.53. The van der Waals surface area contributed by atoms with Gasteiger partial charge in [0.2, 0.25) is 0 Å². The Hall–Kier alpha value is -0.900. The maximum absolute atomic E-state index is 5.65. The van der Waals surface area contributed by atoms with Gasteiger partial charge in [-0.2, -0.15) is 0 Å². The molecule has 8 heteroatoms. The summed E-state index contributed by atoms with van der Waals surface area (Å²) in [7, 11) is 1.96. The van der Waals surface area contributed by atoms with Crippen LogP contribution in [0.3, 0.4) is 0 Å². The fourth-order valence-electron chi connectivity index (χ4n) is 2.25. The van der Waals surface area contributed by atoms with E-state index in [1.807, 2.05) is 18.5 Å². The van der Waals surface area contributed by atoms with Crippen LogP contribution in [0.15, 0.2) is 4.99 Å². The molecule has 1 fully saturated rings. The average Bonchev–Trinajstić information content (AvgIpc) is 3.04. The molecule has 0 spiro atoms. The molecule has 1 aliphatic rings. The van der Waals surface area contributed by atoms with E-state index in [4.69, 9.17) is 4.74 Å². The predicted molar refractivity (Wildman–Crippen MR) is 102 cm³/mol. The van der Waals surface area contributed by atoms with Gasteiger partial charge in [-0.05, 0) is 40.5 Å². The van der Waals surface area contributed by atoms with Crippen molar-refractivity contribution in [2.24, 2.45) is 12.0 Å². The van der Waals surface area contributed by atoms with Gasteiger partial charge in [-0.25, -0.2) is 4.99 Å². The number of aliphatic imine (C=N–C) groups is 1. The van der Waals surface area contributed by atoms with Gasteiger partial charge in [0.1, 0.15) is 12.4 Å². The number of aryl methyl sites for hydroxylation is 1. The Morgan fingerprint density at radius 2 is 2.13 bits per heavy atom. The van der Waals surface area contributed by atoms with Crippen molar-refractivity contribution in [2.45, 2.75) is 58.7 Å². The van der Waals surface area contributed by atoms with Crippen LogP contribution in [-0.2, 0) is 18.3 Å². The van der Waals surface area contributed by atoms with Crippen LogP contribution >= 0.6 is 24.0 Å². The third kappa shape index (κ3) is 6.62. The number of ether oxygens (including phenoxy) is 1. The zero-order chi connectivity index (χ0) is 16.2. The average molecular weight is 436 g/mol. The third-order valence-corrected chi connectivity index (χ3v) is 3.58. The van der Waals surface area contributed by atoms with E-state index in [9.17, 15) is 0 Å². The zero-order valence-electron chi connectivity index (χ0n) is 14.7. The number of guanidine groups is 1. The highest BCUT2D eigenvalue weighted by Crippen LogP contribution is 2.10. The number of rotatable bonds is 4. The maximum Gasteiger partial charge on any atom is 0.192 e. The summed E-state index contributed by atoms with van der Waals surface area (Å²) in [6.45, 7) is 10.4. The molecule has 1 aliphatic heterocycles. The van der Waals surface area contributed by atoms with Crippen LogP contribution in [0.1, 0.15) is 45.3 Å². The monoisotopic (exact) mass is 436 g/mol. The number of nitrogens with zero attached hydrogens (tertiary/aromatic N) is 4. The standard InChI is InChI=1S/C15H28N6O.HI/c1-11-19-20-13(21(11)5)10-17-14(18-15(2,3)4)16-9-12-7-6-8-22-12;/h12H,6-10H2,1-5H3,(H2,16,17,18);1H. The lowest BCUT2D eigenvalue weighted by atomic mass is 10.1. The van der Waals surface area contributed by atoms with Crippen molar-refractivity contribution in [3.8, 4) is 0 Å². The van der Waals surface area contributed by atoms with E-state index in [0.29, 0.717) is 6.54 Å². The summed E-state index contributed by atoms with van der Waals surface area (Å²) >= 11 is 0. The first-order valence-corrected chi connectivity index (χ1v) is 7.88. The Morgan fingerprint density at radius 1 is 1.39 bits per heavy atom. The largest absolute Gasteiger partial charge is 0.376 e. The molecule has 2 heterocycles. The molecule has 0 saturated carbocycles. The Bertz CT molecular complexity index is 517. The van der Waals surface area contributed by atoms with E-state index in [2.05, 4.69) is 46.6 Å². The minimum Gasteiger partial charge on any atom is -0.376 e. The van der Waals surface area contributed by atoms with Crippen LogP contribution in [0.5, 0.6) is 0 Å². The lowest BCUT2D eigenvalue weighted by molar-refractivity contribution is 0.113. The van der Waals surface area contributed by atoms with Crippen LogP contribution in [0, 0.1) is 6.92 Å². The maximum atomic E-state index is 5.65. The van der Waals surface area contributed by atoms with E-state index in [1.165, 1.54) is 0 Å². The lowest BCUT2D eigenvalue weighted by Crippen LogP contribution is -2.49. The van der Waals surface area contributed by atoms with Gasteiger partial charge >= 0.3 is 0 Å². The highest BCUT2D eigenvalue weighted by Gasteiger charge is 2.18. The molecule has 1 atom stereocenters. The van der Waals surface area contributed by atoms with E-state index in [1.54, 1.807) is 0 Å². The summed E-state index contributed by atoms with van der Waals surface area (Å²) in [5.74, 6) is 2.52. The first-order valence-electron chi connectivity index (χ1n) is 7.88. The first kappa shape index (κ1) is 20.1. The van der Waals surface area contributed by atoms with E-state index >= 15 is 0 Å². The number of halogens is 1. The fraction of sp³-hybridized carbons (Fsp3) is 0.800. The van der Waals surface area contributed by atoms with Crippen LogP contribution in [0.2, 0.25) is 0 Å². The van der Waals surface area contributed by atoms with Gasteiger partial charge in [0.25, 0.3) is 0 Å². The van der Waals surface area contributed by atoms with Crippen molar-refractivity contribution >= 4 is 29.9 Å². The minimum atomic E-state index is -0.0574. The molecule has 2 N–H and O–H groups in total. The summed E-state index contributed by atoms with van der Waals surface area (Å²) in [5, 5.41) is 15.0. The molecule has 0 radical (unpaired) electrons. The molecule has 1 unspecified atom stereocenters. The third-order valence-electron chi connectivity index (χ3n) is 3.58. The number of hydrogen-bond acceptors (Lipinski definition) is 4. The Kier molecular flexibility index (Phi) is 7.72. The molecule has 132 valence electrons. The predicted octanol–water partition coefficient (Wildman–Crippen LogP) is 1.75. The Morgan fingerprint density at radius 3 is 2.65 bits per heavy atom. The molecular formula is C15H29IN6O. The molecule has 0 aromatic carbocycles. The van der Waals surface area contributed by atoms with Crippen molar-refractivity contribution in [3.63, 3.8) is 0 Å². The Labute approximate surface area is 155 Å². The molecule has 0 aliphatic carbocycles. The van der Waals surface area contributed by atoms with Crippen molar-refractivity contribution in [3.05, 3.63) is 11.6 Å². The molecule has 7 nitrogen and oxygen atoms in total. The molecule has 1 saturated heterocycles. The molecule has 2 rings (SSSR count). The van der Waals surface area contributed by atoms with E-state index in [-0.39, 0.29) is 35.6 Å². The zero-order valence-corrected chi connectivity index (χ0v) is 17.0. The molecule has 0 amide bonds. The fourth-order valence-corrected chi connectivity index (χ4v) is 2.25. The summed E-state index contributed by atoms with van der Waals surface area (Å²) in [6, 6.07) is 0. The van der Waals surface area contributed by atoms with Crippen molar-refractivity contribution in [1.82, 2.24) is 25.4 Å². The van der Waals surface area contributed by atoms with Gasteiger partial charge in [0.05, 0.1) is 6.10 Å². The first-order chi connectivity index (χ1) is 10.3. The second-order valence-electron chi connectivity index (χ2n) is 6.78. The summed E-state index contributed by atoms with van der Waals surface area (Å²) in [5.41, 5.74) is -0.0574. The highest BCUT2D eigenvalue weighted by molar-refractivity contribution is 14.0. The minimum absolute atomic E-state index is 0. The van der Waals surface area contributed by atoms with Gasteiger partial charge in [-0.3, -0.25) is 0 Å². The number of hydrogen-bond donors (Lipinski definition) is 2.